The number of ether oxygens (including phenoxy) is 1. The molecule has 7 nitrogen and oxygen atoms in total. The molecule has 0 saturated carbocycles. The predicted molar refractivity (Wildman–Crippen MR) is 160 cm³/mol. The molecule has 5 rings (SSSR count). The molecule has 3 aromatic rings. The molecule has 0 saturated heterocycles. The van der Waals surface area contributed by atoms with Crippen LogP contribution in [0.25, 0.3) is 0 Å². The summed E-state index contributed by atoms with van der Waals surface area (Å²) in [6.45, 7) is 2.58. The van der Waals surface area contributed by atoms with Crippen LogP contribution in [0.3, 0.4) is 0 Å². The number of benzene rings is 2. The molecule has 0 spiro atoms. The number of fused-ring (bicyclic) bond motifs is 3. The van der Waals surface area contributed by atoms with E-state index in [2.05, 4.69) is 0 Å². The first-order valence-corrected chi connectivity index (χ1v) is 15.0. The third-order valence-electron chi connectivity index (χ3n) is 7.65. The number of hydrogen-bond donors (Lipinski definition) is 0. The van der Waals surface area contributed by atoms with Gasteiger partial charge < -0.3 is 14.5 Å². The van der Waals surface area contributed by atoms with Gasteiger partial charge in [-0.3, -0.25) is 19.3 Å². The number of halogens is 4. The number of alkyl halides is 3. The van der Waals surface area contributed by atoms with Crippen LogP contribution in [0.1, 0.15) is 59.9 Å². The third-order valence-corrected chi connectivity index (χ3v) is 9.06. The highest BCUT2D eigenvalue weighted by Crippen LogP contribution is 2.46. The molecule has 2 aliphatic rings. The Kier molecular flexibility index (Phi) is 8.44. The van der Waals surface area contributed by atoms with E-state index in [0.717, 1.165) is 45.5 Å². The molecule has 2 aromatic carbocycles. The zero-order chi connectivity index (χ0) is 30.3. The Labute approximate surface area is 251 Å². The second-order valence-electron chi connectivity index (χ2n) is 10.6. The number of amides is 1. The van der Waals surface area contributed by atoms with Gasteiger partial charge in [0.05, 0.1) is 6.61 Å². The van der Waals surface area contributed by atoms with E-state index in [1.165, 1.54) is 10.9 Å². The van der Waals surface area contributed by atoms with Gasteiger partial charge in [0.2, 0.25) is 5.43 Å². The Hall–Kier alpha value is -3.31. The Bertz CT molecular complexity index is 1560. The van der Waals surface area contributed by atoms with E-state index < -0.39 is 36.3 Å². The molecule has 0 aliphatic carbocycles. The normalized spacial score (nSPS) is 17.2. The Balaban J connectivity index is 1.83. The fourth-order valence-electron chi connectivity index (χ4n) is 5.40. The molecule has 0 N–H and O–H groups in total. The van der Waals surface area contributed by atoms with Crippen molar-refractivity contribution in [1.82, 2.24) is 9.58 Å². The second kappa shape index (κ2) is 11.8. The number of carbonyl (C=O) groups is 1. The Morgan fingerprint density at radius 1 is 1.14 bits per heavy atom. The van der Waals surface area contributed by atoms with Gasteiger partial charge >= 0.3 is 6.18 Å². The van der Waals surface area contributed by atoms with Crippen LogP contribution in [0, 0.1) is 0 Å². The second-order valence-corrected chi connectivity index (χ2v) is 12.0. The van der Waals surface area contributed by atoms with Crippen LogP contribution in [0.2, 0.25) is 5.02 Å². The Morgan fingerprint density at radius 3 is 2.57 bits per heavy atom. The van der Waals surface area contributed by atoms with Gasteiger partial charge in [0, 0.05) is 42.2 Å². The van der Waals surface area contributed by atoms with E-state index in [1.807, 2.05) is 68.4 Å². The lowest BCUT2D eigenvalue weighted by Crippen LogP contribution is -2.60. The van der Waals surface area contributed by atoms with Gasteiger partial charge in [-0.1, -0.05) is 55.3 Å². The Morgan fingerprint density at radius 2 is 1.88 bits per heavy atom. The number of unbranched alkanes of at least 4 members (excludes halogenated alkanes) is 1. The van der Waals surface area contributed by atoms with E-state index in [1.54, 1.807) is 16.8 Å². The standard InChI is InChI=1S/C30H32ClF3N4O3S/c1-5-6-14-41-28-26-29(40)36(18(2)30(32,33)34)17-38(37(26)15-21(31)27(28)39)25-20-11-7-8-13-23(20)42-16-19-10-9-12-22(24(19)25)35(3)4/h7-13,15,18,25H,5-6,14,16-17H2,1-4H3/t18-,25-/m1/s1. The SMILES string of the molecule is CCCCOc1c2n(cc(Cl)c1=O)N([C@@H]1c3ccccc3SCc3cccc(N(C)C)c31)CN([C@H](C)C(F)(F)F)C2=O. The van der Waals surface area contributed by atoms with Crippen molar-refractivity contribution < 1.29 is 22.7 Å². The van der Waals surface area contributed by atoms with E-state index in [0.29, 0.717) is 12.2 Å². The van der Waals surface area contributed by atoms with Crippen molar-refractivity contribution >= 4 is 35.0 Å². The summed E-state index contributed by atoms with van der Waals surface area (Å²) in [5, 5.41) is 1.49. The molecule has 12 heteroatoms. The number of hydrogen-bond acceptors (Lipinski definition) is 6. The van der Waals surface area contributed by atoms with Crippen molar-refractivity contribution in [2.45, 2.75) is 55.6 Å². The van der Waals surface area contributed by atoms with Crippen molar-refractivity contribution in [1.29, 1.82) is 0 Å². The summed E-state index contributed by atoms with van der Waals surface area (Å²) in [5.74, 6) is -0.653. The van der Waals surface area contributed by atoms with Crippen LogP contribution in [0.5, 0.6) is 5.75 Å². The largest absolute Gasteiger partial charge is 0.487 e. The topological polar surface area (TPSA) is 58.0 Å². The summed E-state index contributed by atoms with van der Waals surface area (Å²) < 4.78 is 49.9. The lowest BCUT2D eigenvalue weighted by Gasteiger charge is -2.46. The molecule has 0 bridgehead atoms. The minimum Gasteiger partial charge on any atom is -0.487 e. The van der Waals surface area contributed by atoms with Crippen LogP contribution >= 0.6 is 23.4 Å². The van der Waals surface area contributed by atoms with Crippen molar-refractivity contribution in [3.63, 3.8) is 0 Å². The molecule has 1 amide bonds. The predicted octanol–water partition coefficient (Wildman–Crippen LogP) is 6.44. The summed E-state index contributed by atoms with van der Waals surface area (Å²) in [6, 6.07) is 10.9. The average molecular weight is 621 g/mol. The van der Waals surface area contributed by atoms with Gasteiger partial charge in [0.1, 0.15) is 23.8 Å². The van der Waals surface area contributed by atoms with E-state index in [9.17, 15) is 22.8 Å². The number of nitrogens with zero attached hydrogens (tertiary/aromatic N) is 4. The van der Waals surface area contributed by atoms with Gasteiger partial charge in [-0.25, -0.2) is 0 Å². The molecule has 0 unspecified atom stereocenters. The smallest absolute Gasteiger partial charge is 0.408 e. The lowest BCUT2D eigenvalue weighted by atomic mass is 9.92. The van der Waals surface area contributed by atoms with Crippen molar-refractivity contribution in [3.05, 3.63) is 86.3 Å². The summed E-state index contributed by atoms with van der Waals surface area (Å²) in [6.07, 6.45) is -2.05. The first kappa shape index (κ1) is 30.2. The molecule has 0 radical (unpaired) electrons. The molecule has 42 heavy (non-hydrogen) atoms. The van der Waals surface area contributed by atoms with Crippen LogP contribution in [-0.2, 0) is 5.75 Å². The zero-order valence-corrected chi connectivity index (χ0v) is 25.3. The molecule has 2 aliphatic heterocycles. The van der Waals surface area contributed by atoms with Gasteiger partial charge in [-0.15, -0.1) is 11.8 Å². The van der Waals surface area contributed by atoms with Crippen LogP contribution in [0.15, 0.2) is 58.4 Å². The van der Waals surface area contributed by atoms with Crippen molar-refractivity contribution in [2.75, 3.05) is 37.3 Å². The highest BCUT2D eigenvalue weighted by Gasteiger charge is 2.48. The minimum atomic E-state index is -4.70. The quantitative estimate of drug-likeness (QED) is 0.283. The third kappa shape index (κ3) is 5.32. The number of thioether (sulfide) groups is 1. The number of rotatable bonds is 7. The van der Waals surface area contributed by atoms with Gasteiger partial charge in [0.15, 0.2) is 11.4 Å². The molecule has 2 atom stereocenters. The van der Waals surface area contributed by atoms with Gasteiger partial charge in [-0.05, 0) is 36.6 Å². The molecule has 0 fully saturated rings. The summed E-state index contributed by atoms with van der Waals surface area (Å²) in [4.78, 5) is 30.8. The fourth-order valence-corrected chi connectivity index (χ4v) is 6.66. The maximum absolute atomic E-state index is 14.2. The molecule has 1 aromatic heterocycles. The molecule has 224 valence electrons. The highest BCUT2D eigenvalue weighted by atomic mass is 35.5. The maximum Gasteiger partial charge on any atom is 0.408 e. The number of aromatic nitrogens is 1. The zero-order valence-electron chi connectivity index (χ0n) is 23.7. The summed E-state index contributed by atoms with van der Waals surface area (Å²) in [5.41, 5.74) is 2.63. The molecular weight excluding hydrogens is 589 g/mol. The average Bonchev–Trinajstić information content (AvgIpc) is 3.11. The van der Waals surface area contributed by atoms with Crippen LogP contribution in [-0.4, -0.2) is 55.1 Å². The number of carbonyl (C=O) groups excluding carboxylic acids is 1. The van der Waals surface area contributed by atoms with Gasteiger partial charge in [0.25, 0.3) is 5.91 Å². The minimum absolute atomic E-state index is 0.109. The van der Waals surface area contributed by atoms with Gasteiger partial charge in [-0.2, -0.15) is 13.2 Å². The first-order valence-electron chi connectivity index (χ1n) is 13.7. The summed E-state index contributed by atoms with van der Waals surface area (Å²) >= 11 is 8.08. The van der Waals surface area contributed by atoms with E-state index in [4.69, 9.17) is 16.3 Å². The highest BCUT2D eigenvalue weighted by molar-refractivity contribution is 7.98. The van der Waals surface area contributed by atoms with E-state index in [-0.39, 0.29) is 23.1 Å². The first-order chi connectivity index (χ1) is 20.0. The summed E-state index contributed by atoms with van der Waals surface area (Å²) in [7, 11) is 3.82. The molecule has 3 heterocycles. The fraction of sp³-hybridized carbons (Fsp3) is 0.400. The monoisotopic (exact) mass is 620 g/mol. The lowest BCUT2D eigenvalue weighted by molar-refractivity contribution is -0.173. The van der Waals surface area contributed by atoms with E-state index >= 15 is 0 Å². The number of pyridine rings is 1. The van der Waals surface area contributed by atoms with Crippen molar-refractivity contribution in [2.24, 2.45) is 0 Å². The number of anilines is 1. The van der Waals surface area contributed by atoms with Crippen molar-refractivity contribution in [3.8, 4) is 5.75 Å². The molecular formula is C30H32ClF3N4O3S. The van der Waals surface area contributed by atoms with Crippen LogP contribution in [0.4, 0.5) is 18.9 Å². The van der Waals surface area contributed by atoms with Crippen LogP contribution < -0.4 is 20.1 Å². The maximum atomic E-state index is 14.2.